The Kier molecular flexibility index (Phi) is 6.78. The van der Waals surface area contributed by atoms with Crippen molar-refractivity contribution in [3.05, 3.63) is 41.0 Å². The second kappa shape index (κ2) is 9.40. The van der Waals surface area contributed by atoms with Crippen LogP contribution in [0.15, 0.2) is 34.8 Å². The molecule has 4 atom stereocenters. The van der Waals surface area contributed by atoms with E-state index in [1.807, 2.05) is 52.0 Å². The molecule has 4 rings (SSSR count). The zero-order valence-corrected chi connectivity index (χ0v) is 22.3. The molecule has 1 aromatic heterocycles. The number of aromatic nitrogens is 1. The lowest BCUT2D eigenvalue weighted by Crippen LogP contribution is -2.57. The summed E-state index contributed by atoms with van der Waals surface area (Å²) in [6, 6.07) is 6.31. The number of aliphatic hydroxyl groups excluding tert-OH is 1. The number of amidine groups is 1. The predicted octanol–water partition coefficient (Wildman–Crippen LogP) is 2.37. The first-order chi connectivity index (χ1) is 16.8. The summed E-state index contributed by atoms with van der Waals surface area (Å²) in [5, 5.41) is 16.1. The van der Waals surface area contributed by atoms with E-state index >= 15 is 0 Å². The lowest BCUT2D eigenvalue weighted by atomic mass is 9.85. The molecule has 1 aromatic carbocycles. The predicted molar refractivity (Wildman–Crippen MR) is 138 cm³/mol. The number of thiazole rings is 1. The number of hydrogen-bond acceptors (Lipinski definition) is 7. The van der Waals surface area contributed by atoms with Gasteiger partial charge in [0.25, 0.3) is 5.91 Å². The van der Waals surface area contributed by atoms with E-state index in [4.69, 9.17) is 4.99 Å². The quantitative estimate of drug-likeness (QED) is 0.569. The highest BCUT2D eigenvalue weighted by atomic mass is 32.1. The van der Waals surface area contributed by atoms with Gasteiger partial charge in [-0.1, -0.05) is 45.0 Å². The molecular formula is C26H33N5O4S. The average Bonchev–Trinajstić information content (AvgIpc) is 3.48. The number of nitrogens with one attached hydrogen (secondary N) is 2. The van der Waals surface area contributed by atoms with E-state index in [-0.39, 0.29) is 30.7 Å². The molecule has 1 saturated heterocycles. The third kappa shape index (κ3) is 4.79. The summed E-state index contributed by atoms with van der Waals surface area (Å²) in [6.45, 7) is 10.8. The number of nitrogens with zero attached hydrogens (tertiary/aromatic N) is 3. The summed E-state index contributed by atoms with van der Waals surface area (Å²) < 4.78 is 0. The van der Waals surface area contributed by atoms with Crippen molar-refractivity contribution in [3.63, 3.8) is 0 Å². The molecule has 2 unspecified atom stereocenters. The van der Waals surface area contributed by atoms with Crippen LogP contribution in [0.3, 0.4) is 0 Å². The van der Waals surface area contributed by atoms with Crippen LogP contribution in [0.4, 0.5) is 0 Å². The van der Waals surface area contributed by atoms with E-state index in [1.54, 1.807) is 23.8 Å². The van der Waals surface area contributed by atoms with Crippen molar-refractivity contribution < 1.29 is 19.5 Å². The summed E-state index contributed by atoms with van der Waals surface area (Å²) in [6.07, 6.45) is -0.508. The van der Waals surface area contributed by atoms with E-state index in [1.165, 1.54) is 11.8 Å². The van der Waals surface area contributed by atoms with Crippen LogP contribution in [0.1, 0.15) is 52.3 Å². The maximum Gasteiger partial charge on any atom is 0.257 e. The van der Waals surface area contributed by atoms with Crippen LogP contribution in [0.25, 0.3) is 10.4 Å². The molecule has 3 N–H and O–H groups in total. The van der Waals surface area contributed by atoms with Crippen LogP contribution in [-0.2, 0) is 19.9 Å². The van der Waals surface area contributed by atoms with E-state index in [2.05, 4.69) is 15.6 Å². The van der Waals surface area contributed by atoms with E-state index < -0.39 is 29.1 Å². The number of aliphatic imine (C=N–C) groups is 1. The van der Waals surface area contributed by atoms with Gasteiger partial charge < -0.3 is 20.6 Å². The number of rotatable bonds is 5. The Hall–Kier alpha value is -3.11. The van der Waals surface area contributed by atoms with Crippen LogP contribution in [0.2, 0.25) is 0 Å². The molecule has 2 aliphatic heterocycles. The first kappa shape index (κ1) is 26.0. The summed E-state index contributed by atoms with van der Waals surface area (Å²) in [4.78, 5) is 50.2. The number of aryl methyl sites for hydroxylation is 1. The Labute approximate surface area is 215 Å². The van der Waals surface area contributed by atoms with E-state index in [0.29, 0.717) is 5.84 Å². The van der Waals surface area contributed by atoms with Gasteiger partial charge in [0.05, 0.1) is 28.2 Å². The lowest BCUT2D eigenvalue weighted by Gasteiger charge is -2.35. The first-order valence-corrected chi connectivity index (χ1v) is 12.9. The molecule has 2 aromatic rings. The monoisotopic (exact) mass is 511 g/mol. The van der Waals surface area contributed by atoms with Gasteiger partial charge in [0.2, 0.25) is 11.8 Å². The Bertz CT molecular complexity index is 1220. The number of carbonyl (C=O) groups is 3. The number of amides is 3. The molecule has 192 valence electrons. The van der Waals surface area contributed by atoms with Gasteiger partial charge in [0, 0.05) is 19.9 Å². The molecule has 3 amide bonds. The molecule has 36 heavy (non-hydrogen) atoms. The van der Waals surface area contributed by atoms with Crippen molar-refractivity contribution in [1.29, 1.82) is 0 Å². The van der Waals surface area contributed by atoms with Gasteiger partial charge in [-0.05, 0) is 30.4 Å². The van der Waals surface area contributed by atoms with Crippen LogP contribution in [0, 0.1) is 12.3 Å². The maximum atomic E-state index is 13.6. The van der Waals surface area contributed by atoms with Crippen molar-refractivity contribution in [2.75, 3.05) is 6.54 Å². The minimum absolute atomic E-state index is 0.101. The number of benzene rings is 1. The number of likely N-dealkylation sites (tertiary alicyclic amines) is 1. The zero-order valence-electron chi connectivity index (χ0n) is 21.5. The SMILES string of the molecule is CC(=O)N[C@H](C(=O)N1C[C@H](O)CC1C1=NC(C)(c2ccc(-c3scnc3C)cc2)C(=O)N1)C(C)(C)C. The van der Waals surface area contributed by atoms with Crippen LogP contribution in [-0.4, -0.2) is 63.3 Å². The number of β-amino-alcohol motifs (C(OH)–C–C–N with tert-alkyl or cyclic N) is 1. The average molecular weight is 512 g/mol. The summed E-state index contributed by atoms with van der Waals surface area (Å²) in [7, 11) is 0. The van der Waals surface area contributed by atoms with Crippen molar-refractivity contribution in [3.8, 4) is 10.4 Å². The minimum atomic E-state index is -1.17. The Morgan fingerprint density at radius 1 is 1.28 bits per heavy atom. The maximum absolute atomic E-state index is 13.6. The van der Waals surface area contributed by atoms with Gasteiger partial charge >= 0.3 is 0 Å². The molecule has 9 nitrogen and oxygen atoms in total. The number of carbonyl (C=O) groups excluding carboxylic acids is 3. The van der Waals surface area contributed by atoms with Crippen molar-refractivity contribution in [2.45, 2.75) is 71.7 Å². The normalized spacial score (nSPS) is 24.9. The second-order valence-corrected chi connectivity index (χ2v) is 11.6. The smallest absolute Gasteiger partial charge is 0.257 e. The van der Waals surface area contributed by atoms with Gasteiger partial charge in [0.15, 0.2) is 5.54 Å². The van der Waals surface area contributed by atoms with E-state index in [9.17, 15) is 19.5 Å². The molecule has 3 heterocycles. The molecule has 0 saturated carbocycles. The topological polar surface area (TPSA) is 124 Å². The largest absolute Gasteiger partial charge is 0.391 e. The Morgan fingerprint density at radius 2 is 1.94 bits per heavy atom. The highest BCUT2D eigenvalue weighted by Gasteiger charge is 2.48. The van der Waals surface area contributed by atoms with Crippen molar-refractivity contribution >= 4 is 34.9 Å². The van der Waals surface area contributed by atoms with Crippen LogP contribution >= 0.6 is 11.3 Å². The Morgan fingerprint density at radius 3 is 2.50 bits per heavy atom. The lowest BCUT2D eigenvalue weighted by molar-refractivity contribution is -0.139. The first-order valence-electron chi connectivity index (χ1n) is 12.0. The van der Waals surface area contributed by atoms with Crippen LogP contribution in [0.5, 0.6) is 0 Å². The highest BCUT2D eigenvalue weighted by Crippen LogP contribution is 2.35. The number of hydrogen-bond donors (Lipinski definition) is 3. The van der Waals surface area contributed by atoms with Gasteiger partial charge in [-0.15, -0.1) is 11.3 Å². The molecule has 2 aliphatic rings. The minimum Gasteiger partial charge on any atom is -0.391 e. The molecule has 0 aliphatic carbocycles. The standard InChI is InChI=1S/C26H33N5O4S/c1-14-20(36-13-27-14)16-7-9-17(10-8-16)26(6)24(35)29-22(30-26)19-11-18(33)12-31(19)23(34)21(25(3,4)5)28-15(2)32/h7-10,13,18-19,21,33H,11-12H2,1-6H3,(H,28,32)(H,29,30,35)/t18-,19?,21-,26?/m1/s1. The second-order valence-electron chi connectivity index (χ2n) is 10.8. The van der Waals surface area contributed by atoms with Gasteiger partial charge in [0.1, 0.15) is 11.9 Å². The fourth-order valence-electron chi connectivity index (χ4n) is 4.77. The summed E-state index contributed by atoms with van der Waals surface area (Å²) >= 11 is 1.56. The fraction of sp³-hybridized carbons (Fsp3) is 0.500. The van der Waals surface area contributed by atoms with Gasteiger partial charge in [-0.25, -0.2) is 9.98 Å². The van der Waals surface area contributed by atoms with Crippen molar-refractivity contribution in [2.24, 2.45) is 10.4 Å². The molecule has 10 heteroatoms. The third-order valence-electron chi connectivity index (χ3n) is 6.82. The molecule has 0 radical (unpaired) electrons. The zero-order chi connectivity index (χ0) is 26.4. The highest BCUT2D eigenvalue weighted by molar-refractivity contribution is 7.13. The molecule has 1 fully saturated rings. The van der Waals surface area contributed by atoms with E-state index in [0.717, 1.165) is 21.7 Å². The summed E-state index contributed by atoms with van der Waals surface area (Å²) in [5.41, 5.74) is 2.79. The number of aliphatic hydroxyl groups is 1. The molecular weight excluding hydrogens is 478 g/mol. The van der Waals surface area contributed by atoms with Crippen molar-refractivity contribution in [1.82, 2.24) is 20.5 Å². The third-order valence-corrected chi connectivity index (χ3v) is 7.80. The van der Waals surface area contributed by atoms with Crippen LogP contribution < -0.4 is 10.6 Å². The summed E-state index contributed by atoms with van der Waals surface area (Å²) in [5.74, 6) is -0.558. The Balaban J connectivity index is 1.63. The van der Waals surface area contributed by atoms with Gasteiger partial charge in [-0.3, -0.25) is 14.4 Å². The van der Waals surface area contributed by atoms with Gasteiger partial charge in [-0.2, -0.15) is 0 Å². The molecule has 0 spiro atoms. The fourth-order valence-corrected chi connectivity index (χ4v) is 5.58. The molecule has 0 bridgehead atoms.